The summed E-state index contributed by atoms with van der Waals surface area (Å²) in [5, 5.41) is 9.36. The number of nitrogens with one attached hydrogen (secondary N) is 2. The van der Waals surface area contributed by atoms with Gasteiger partial charge in [0.2, 0.25) is 5.88 Å². The summed E-state index contributed by atoms with van der Waals surface area (Å²) in [6, 6.07) is 3.06. The number of halogens is 4. The molecule has 0 spiro atoms. The summed E-state index contributed by atoms with van der Waals surface area (Å²) in [6.45, 7) is 1.73. The average molecular weight is 515 g/mol. The Kier molecular flexibility index (Phi) is 9.77. The van der Waals surface area contributed by atoms with Crippen LogP contribution in [0.3, 0.4) is 0 Å². The lowest BCUT2D eigenvalue weighted by Crippen LogP contribution is -2.37. The van der Waals surface area contributed by atoms with E-state index in [4.69, 9.17) is 0 Å². The Balaban J connectivity index is 0.00000364. The van der Waals surface area contributed by atoms with Crippen LogP contribution in [0.5, 0.6) is 5.88 Å². The standard InChI is InChI=1S/C16H20F3N5OS.HI/c1-11-24-13(9-26-11)5-6-21-15(20-2)23-8-12-3-4-14(22-7-12)25-10-16(17,18)19;/h3-4,7,9H,5-6,8,10H2,1-2H3,(H2,20,21,23);1H. The Bertz CT molecular complexity index is 722. The van der Waals surface area contributed by atoms with Gasteiger partial charge in [-0.2, -0.15) is 13.2 Å². The average Bonchev–Trinajstić information content (AvgIpc) is 3.01. The van der Waals surface area contributed by atoms with Crippen LogP contribution in [0.15, 0.2) is 28.7 Å². The molecule has 0 fully saturated rings. The number of pyridine rings is 1. The Morgan fingerprint density at radius 1 is 1.30 bits per heavy atom. The van der Waals surface area contributed by atoms with Crippen LogP contribution >= 0.6 is 35.3 Å². The van der Waals surface area contributed by atoms with Crippen LogP contribution in [-0.4, -0.2) is 42.3 Å². The number of aliphatic imine (C=N–C) groups is 1. The number of aryl methyl sites for hydroxylation is 1. The Morgan fingerprint density at radius 2 is 2.07 bits per heavy atom. The predicted molar refractivity (Wildman–Crippen MR) is 110 cm³/mol. The molecule has 0 aromatic carbocycles. The van der Waals surface area contributed by atoms with Crippen molar-refractivity contribution >= 4 is 41.3 Å². The Morgan fingerprint density at radius 3 is 2.63 bits per heavy atom. The fourth-order valence-electron chi connectivity index (χ4n) is 2.00. The highest BCUT2D eigenvalue weighted by atomic mass is 127. The summed E-state index contributed by atoms with van der Waals surface area (Å²) in [4.78, 5) is 12.4. The second-order valence-corrected chi connectivity index (χ2v) is 6.43. The third-order valence-corrected chi connectivity index (χ3v) is 4.03. The first-order valence-electron chi connectivity index (χ1n) is 7.86. The quantitative estimate of drug-likeness (QED) is 0.337. The van der Waals surface area contributed by atoms with Crippen molar-refractivity contribution in [1.82, 2.24) is 20.6 Å². The lowest BCUT2D eigenvalue weighted by Gasteiger charge is -2.12. The molecule has 2 heterocycles. The van der Waals surface area contributed by atoms with Gasteiger partial charge < -0.3 is 15.4 Å². The minimum Gasteiger partial charge on any atom is -0.468 e. The normalized spacial score (nSPS) is 11.7. The maximum atomic E-state index is 12.1. The Labute approximate surface area is 176 Å². The van der Waals surface area contributed by atoms with Gasteiger partial charge in [-0.3, -0.25) is 4.99 Å². The van der Waals surface area contributed by atoms with Crippen LogP contribution in [-0.2, 0) is 13.0 Å². The van der Waals surface area contributed by atoms with Crippen molar-refractivity contribution < 1.29 is 17.9 Å². The molecule has 2 N–H and O–H groups in total. The number of hydrogen-bond donors (Lipinski definition) is 2. The van der Waals surface area contributed by atoms with E-state index < -0.39 is 12.8 Å². The van der Waals surface area contributed by atoms with Gasteiger partial charge in [0.25, 0.3) is 0 Å². The Hall–Kier alpha value is -1.63. The van der Waals surface area contributed by atoms with E-state index >= 15 is 0 Å². The largest absolute Gasteiger partial charge is 0.468 e. The van der Waals surface area contributed by atoms with E-state index in [1.54, 1.807) is 24.5 Å². The number of ether oxygens (including phenoxy) is 1. The zero-order valence-electron chi connectivity index (χ0n) is 14.8. The first kappa shape index (κ1) is 23.4. The van der Waals surface area contributed by atoms with E-state index in [-0.39, 0.29) is 29.9 Å². The van der Waals surface area contributed by atoms with Crippen LogP contribution in [0, 0.1) is 6.92 Å². The molecule has 0 saturated heterocycles. The monoisotopic (exact) mass is 515 g/mol. The molecule has 2 aromatic heterocycles. The zero-order valence-corrected chi connectivity index (χ0v) is 18.0. The molecule has 0 aliphatic rings. The van der Waals surface area contributed by atoms with Gasteiger partial charge >= 0.3 is 6.18 Å². The maximum Gasteiger partial charge on any atom is 0.422 e. The fraction of sp³-hybridized carbons (Fsp3) is 0.438. The molecule has 0 unspecified atom stereocenters. The minimum atomic E-state index is -4.38. The molecule has 0 aliphatic carbocycles. The molecule has 0 aliphatic heterocycles. The van der Waals surface area contributed by atoms with E-state index in [1.807, 2.05) is 12.3 Å². The van der Waals surface area contributed by atoms with E-state index in [1.165, 1.54) is 12.3 Å². The number of nitrogens with zero attached hydrogens (tertiary/aromatic N) is 3. The summed E-state index contributed by atoms with van der Waals surface area (Å²) < 4.78 is 40.9. The van der Waals surface area contributed by atoms with Gasteiger partial charge in [-0.15, -0.1) is 35.3 Å². The van der Waals surface area contributed by atoms with Gasteiger partial charge in [0, 0.05) is 44.2 Å². The number of alkyl halides is 3. The first-order valence-corrected chi connectivity index (χ1v) is 8.73. The molecule has 2 aromatic rings. The molecule has 0 radical (unpaired) electrons. The molecule has 11 heteroatoms. The van der Waals surface area contributed by atoms with Crippen molar-refractivity contribution in [3.63, 3.8) is 0 Å². The lowest BCUT2D eigenvalue weighted by molar-refractivity contribution is -0.154. The molecule has 150 valence electrons. The van der Waals surface area contributed by atoms with Crippen LogP contribution in [0.1, 0.15) is 16.3 Å². The molecule has 0 bridgehead atoms. The summed E-state index contributed by atoms with van der Waals surface area (Å²) in [6.07, 6.45) is -2.13. The van der Waals surface area contributed by atoms with Crippen molar-refractivity contribution in [3.8, 4) is 5.88 Å². The van der Waals surface area contributed by atoms with Gasteiger partial charge in [-0.05, 0) is 12.5 Å². The van der Waals surface area contributed by atoms with Gasteiger partial charge in [0.15, 0.2) is 12.6 Å². The van der Waals surface area contributed by atoms with Crippen molar-refractivity contribution in [2.45, 2.75) is 26.1 Å². The maximum absolute atomic E-state index is 12.1. The second-order valence-electron chi connectivity index (χ2n) is 5.37. The highest BCUT2D eigenvalue weighted by Crippen LogP contribution is 2.17. The number of rotatable bonds is 7. The molecule has 6 nitrogen and oxygen atoms in total. The van der Waals surface area contributed by atoms with Crippen molar-refractivity contribution in [1.29, 1.82) is 0 Å². The number of thiazole rings is 1. The summed E-state index contributed by atoms with van der Waals surface area (Å²) >= 11 is 1.62. The number of hydrogen-bond acceptors (Lipinski definition) is 5. The predicted octanol–water partition coefficient (Wildman–Crippen LogP) is 3.31. The van der Waals surface area contributed by atoms with E-state index in [2.05, 4.69) is 30.3 Å². The van der Waals surface area contributed by atoms with Crippen LogP contribution in [0.2, 0.25) is 0 Å². The summed E-state index contributed by atoms with van der Waals surface area (Å²) in [5.74, 6) is 0.557. The van der Waals surface area contributed by atoms with E-state index in [0.717, 1.165) is 22.7 Å². The number of guanidine groups is 1. The highest BCUT2D eigenvalue weighted by molar-refractivity contribution is 14.0. The molecule has 27 heavy (non-hydrogen) atoms. The molecule has 0 saturated carbocycles. The smallest absolute Gasteiger partial charge is 0.422 e. The van der Waals surface area contributed by atoms with Gasteiger partial charge in [-0.1, -0.05) is 6.07 Å². The third-order valence-electron chi connectivity index (χ3n) is 3.21. The fourth-order valence-corrected chi connectivity index (χ4v) is 2.64. The van der Waals surface area contributed by atoms with Crippen LogP contribution < -0.4 is 15.4 Å². The van der Waals surface area contributed by atoms with E-state index in [0.29, 0.717) is 19.0 Å². The SMILES string of the molecule is CN=C(NCCc1csc(C)n1)NCc1ccc(OCC(F)(F)F)nc1.I. The van der Waals surface area contributed by atoms with Gasteiger partial charge in [-0.25, -0.2) is 9.97 Å². The molecule has 0 amide bonds. The van der Waals surface area contributed by atoms with Gasteiger partial charge in [0.05, 0.1) is 10.7 Å². The molecular weight excluding hydrogens is 494 g/mol. The van der Waals surface area contributed by atoms with Crippen LogP contribution in [0.25, 0.3) is 0 Å². The molecule has 2 rings (SSSR count). The summed E-state index contributed by atoms with van der Waals surface area (Å²) in [5.41, 5.74) is 1.83. The van der Waals surface area contributed by atoms with Crippen molar-refractivity contribution in [3.05, 3.63) is 40.0 Å². The second kappa shape index (κ2) is 11.3. The minimum absolute atomic E-state index is 0. The van der Waals surface area contributed by atoms with Gasteiger partial charge in [0.1, 0.15) is 0 Å². The molecule has 0 atom stereocenters. The lowest BCUT2D eigenvalue weighted by atomic mass is 10.3. The topological polar surface area (TPSA) is 71.4 Å². The summed E-state index contributed by atoms with van der Waals surface area (Å²) in [7, 11) is 1.66. The van der Waals surface area contributed by atoms with Crippen molar-refractivity contribution in [2.75, 3.05) is 20.2 Å². The molecular formula is C16H21F3IN5OS. The van der Waals surface area contributed by atoms with Crippen molar-refractivity contribution in [2.24, 2.45) is 4.99 Å². The zero-order chi connectivity index (χ0) is 19.0. The first-order chi connectivity index (χ1) is 12.4. The van der Waals surface area contributed by atoms with E-state index in [9.17, 15) is 13.2 Å². The number of aromatic nitrogens is 2. The van der Waals surface area contributed by atoms with Crippen LogP contribution in [0.4, 0.5) is 13.2 Å². The highest BCUT2D eigenvalue weighted by Gasteiger charge is 2.28. The third kappa shape index (κ3) is 9.22.